The molecule has 212 valence electrons. The number of hydrogen-bond acceptors (Lipinski definition) is 6. The van der Waals surface area contributed by atoms with Gasteiger partial charge in [0.2, 0.25) is 0 Å². The van der Waals surface area contributed by atoms with Crippen molar-refractivity contribution in [2.24, 2.45) is 0 Å². The molecule has 2 aliphatic heterocycles. The molecule has 4 heterocycles. The highest BCUT2D eigenvalue weighted by Crippen LogP contribution is 2.38. The van der Waals surface area contributed by atoms with Crippen LogP contribution in [0.1, 0.15) is 50.2 Å². The number of anilines is 1. The highest BCUT2D eigenvalue weighted by molar-refractivity contribution is 14.1. The summed E-state index contributed by atoms with van der Waals surface area (Å²) in [7, 11) is -1.80. The molecular formula is C29H41FIN5O2Si. The lowest BCUT2D eigenvalue weighted by molar-refractivity contribution is 0.00486. The lowest BCUT2D eigenvalue weighted by Crippen LogP contribution is -2.57. The summed E-state index contributed by atoms with van der Waals surface area (Å²) in [5.41, 5.74) is 4.67. The summed E-state index contributed by atoms with van der Waals surface area (Å²) >= 11 is 2.37. The van der Waals surface area contributed by atoms with Crippen molar-refractivity contribution in [2.75, 3.05) is 44.3 Å². The van der Waals surface area contributed by atoms with Crippen LogP contribution in [0.25, 0.3) is 5.65 Å². The quantitative estimate of drug-likeness (QED) is 0.229. The smallest absolute Gasteiger partial charge is 0.192 e. The largest absolute Gasteiger partial charge is 0.411 e. The number of imidazole rings is 1. The average Bonchev–Trinajstić information content (AvgIpc) is 3.20. The number of hydrogen-bond donors (Lipinski definition) is 0. The minimum atomic E-state index is -1.80. The van der Waals surface area contributed by atoms with Gasteiger partial charge >= 0.3 is 0 Å². The molecule has 0 amide bonds. The minimum absolute atomic E-state index is 0.143. The van der Waals surface area contributed by atoms with Crippen LogP contribution in [0.15, 0.2) is 24.3 Å². The van der Waals surface area contributed by atoms with Crippen LogP contribution in [-0.4, -0.2) is 73.3 Å². The average molecular weight is 666 g/mol. The zero-order chi connectivity index (χ0) is 27.9. The summed E-state index contributed by atoms with van der Waals surface area (Å²) in [6, 6.07) is 7.52. The van der Waals surface area contributed by atoms with Crippen LogP contribution in [0.2, 0.25) is 18.1 Å². The van der Waals surface area contributed by atoms with E-state index in [1.54, 1.807) is 12.1 Å². The van der Waals surface area contributed by atoms with E-state index in [1.807, 2.05) is 17.5 Å². The monoisotopic (exact) mass is 665 g/mol. The Bertz CT molecular complexity index is 1330. The Kier molecular flexibility index (Phi) is 8.41. The summed E-state index contributed by atoms with van der Waals surface area (Å²) in [6.07, 6.45) is 1.51. The van der Waals surface area contributed by atoms with Gasteiger partial charge in [-0.15, -0.1) is 5.10 Å². The fourth-order valence-electron chi connectivity index (χ4n) is 5.19. The van der Waals surface area contributed by atoms with Gasteiger partial charge in [-0.1, -0.05) is 39.8 Å². The van der Waals surface area contributed by atoms with Crippen molar-refractivity contribution >= 4 is 42.4 Å². The molecule has 0 aliphatic carbocycles. The van der Waals surface area contributed by atoms with E-state index in [1.165, 1.54) is 0 Å². The number of likely N-dealkylation sites (tertiary alicyclic amines) is 1. The van der Waals surface area contributed by atoms with Crippen LogP contribution in [0.5, 0.6) is 0 Å². The van der Waals surface area contributed by atoms with Crippen LogP contribution in [-0.2, 0) is 28.5 Å². The molecule has 39 heavy (non-hydrogen) atoms. The molecule has 2 aromatic heterocycles. The number of rotatable bonds is 8. The number of fused-ring (bicyclic) bond motifs is 1. The van der Waals surface area contributed by atoms with E-state index in [0.29, 0.717) is 26.1 Å². The standard InChI is InChI=1S/C29H41FIN5O2Si/c1-7-22-20(9-8-10-23(22)30)15-26-25(19-34-17-21(18-34)38-39(5,6)29(2,3)4)32-28-24(31)16-27(33-36(26)28)35-11-13-37-14-12-35/h8-10,16,21H,7,11-15,17-19H2,1-6H3. The van der Waals surface area contributed by atoms with Crippen molar-refractivity contribution in [3.8, 4) is 0 Å². The predicted octanol–water partition coefficient (Wildman–Crippen LogP) is 5.67. The molecule has 5 rings (SSSR count). The Morgan fingerprint density at radius 2 is 1.90 bits per heavy atom. The minimum Gasteiger partial charge on any atom is -0.411 e. The SMILES string of the molecule is CCc1c(F)cccc1Cc1c(CN2CC(O[Si](C)(C)C(C)(C)C)C2)nc2c(I)cc(N3CCOCC3)nn12. The van der Waals surface area contributed by atoms with Gasteiger partial charge in [0.1, 0.15) is 5.82 Å². The first-order chi connectivity index (χ1) is 18.5. The van der Waals surface area contributed by atoms with E-state index in [-0.39, 0.29) is 17.0 Å². The van der Waals surface area contributed by atoms with Crippen molar-refractivity contribution in [3.63, 3.8) is 0 Å². The Hall–Kier alpha value is -1.60. The van der Waals surface area contributed by atoms with E-state index in [9.17, 15) is 4.39 Å². The maximum Gasteiger partial charge on any atom is 0.192 e. The van der Waals surface area contributed by atoms with Crippen LogP contribution >= 0.6 is 22.6 Å². The third-order valence-electron chi connectivity index (χ3n) is 8.53. The second-order valence-corrected chi connectivity index (χ2v) is 18.2. The van der Waals surface area contributed by atoms with Gasteiger partial charge in [-0.25, -0.2) is 13.9 Å². The van der Waals surface area contributed by atoms with E-state index in [4.69, 9.17) is 19.2 Å². The predicted molar refractivity (Wildman–Crippen MR) is 165 cm³/mol. The van der Waals surface area contributed by atoms with Crippen molar-refractivity contribution in [1.82, 2.24) is 19.5 Å². The van der Waals surface area contributed by atoms with Crippen molar-refractivity contribution in [2.45, 2.75) is 71.3 Å². The van der Waals surface area contributed by atoms with Gasteiger partial charge < -0.3 is 14.1 Å². The van der Waals surface area contributed by atoms with Gasteiger partial charge in [0.25, 0.3) is 0 Å². The fraction of sp³-hybridized carbons (Fsp3) is 0.586. The van der Waals surface area contributed by atoms with E-state index in [0.717, 1.165) is 70.3 Å². The maximum absolute atomic E-state index is 14.7. The molecule has 0 spiro atoms. The van der Waals surface area contributed by atoms with Gasteiger partial charge in [-0.3, -0.25) is 4.90 Å². The molecule has 2 fully saturated rings. The van der Waals surface area contributed by atoms with Crippen molar-refractivity contribution < 1.29 is 13.6 Å². The third-order valence-corrected chi connectivity index (χ3v) is 13.9. The second-order valence-electron chi connectivity index (χ2n) is 12.3. The van der Waals surface area contributed by atoms with Gasteiger partial charge in [0, 0.05) is 39.1 Å². The molecule has 2 aliphatic rings. The molecular weight excluding hydrogens is 624 g/mol. The summed E-state index contributed by atoms with van der Waals surface area (Å²) < 4.78 is 30.0. The number of halogens is 2. The lowest BCUT2D eigenvalue weighted by atomic mass is 9.99. The Balaban J connectivity index is 1.46. The molecule has 0 radical (unpaired) electrons. The number of ether oxygens (including phenoxy) is 1. The van der Waals surface area contributed by atoms with Gasteiger partial charge in [-0.05, 0) is 70.4 Å². The number of nitrogens with zero attached hydrogens (tertiary/aromatic N) is 5. The molecule has 0 bridgehead atoms. The molecule has 7 nitrogen and oxygen atoms in total. The first-order valence-corrected chi connectivity index (χ1v) is 18.0. The molecule has 0 atom stereocenters. The molecule has 10 heteroatoms. The Labute approximate surface area is 246 Å². The zero-order valence-corrected chi connectivity index (χ0v) is 27.2. The van der Waals surface area contributed by atoms with E-state index < -0.39 is 8.32 Å². The third kappa shape index (κ3) is 6.05. The maximum atomic E-state index is 14.7. The summed E-state index contributed by atoms with van der Waals surface area (Å²) in [5.74, 6) is 0.789. The van der Waals surface area contributed by atoms with E-state index in [2.05, 4.69) is 72.3 Å². The first kappa shape index (κ1) is 28.9. The highest BCUT2D eigenvalue weighted by Gasteiger charge is 2.42. The van der Waals surface area contributed by atoms with Gasteiger partial charge in [0.05, 0.1) is 34.3 Å². The van der Waals surface area contributed by atoms with Crippen LogP contribution < -0.4 is 4.90 Å². The van der Waals surface area contributed by atoms with Crippen LogP contribution in [0.3, 0.4) is 0 Å². The van der Waals surface area contributed by atoms with Crippen molar-refractivity contribution in [1.29, 1.82) is 0 Å². The summed E-state index contributed by atoms with van der Waals surface area (Å²) in [6.45, 7) is 19.1. The zero-order valence-electron chi connectivity index (χ0n) is 24.1. The van der Waals surface area contributed by atoms with Crippen molar-refractivity contribution in [3.05, 3.63) is 56.2 Å². The van der Waals surface area contributed by atoms with Gasteiger partial charge in [-0.2, -0.15) is 0 Å². The van der Waals surface area contributed by atoms with Crippen LogP contribution in [0.4, 0.5) is 10.2 Å². The fourth-order valence-corrected chi connectivity index (χ4v) is 7.15. The first-order valence-electron chi connectivity index (χ1n) is 14.0. The lowest BCUT2D eigenvalue weighted by Gasteiger charge is -2.46. The number of benzene rings is 1. The molecule has 0 unspecified atom stereocenters. The Morgan fingerprint density at radius 3 is 2.56 bits per heavy atom. The summed E-state index contributed by atoms with van der Waals surface area (Å²) in [4.78, 5) is 9.79. The Morgan fingerprint density at radius 1 is 1.18 bits per heavy atom. The second kappa shape index (κ2) is 11.3. The number of aromatic nitrogens is 3. The topological polar surface area (TPSA) is 55.1 Å². The van der Waals surface area contributed by atoms with Gasteiger partial charge in [0.15, 0.2) is 19.8 Å². The molecule has 0 N–H and O–H groups in total. The molecule has 3 aromatic rings. The molecule has 0 saturated carbocycles. The number of morpholine rings is 1. The van der Waals surface area contributed by atoms with Crippen LogP contribution in [0, 0.1) is 9.39 Å². The van der Waals surface area contributed by atoms with E-state index >= 15 is 0 Å². The summed E-state index contributed by atoms with van der Waals surface area (Å²) in [5, 5.41) is 5.28. The highest BCUT2D eigenvalue weighted by atomic mass is 127. The molecule has 1 aromatic carbocycles. The normalized spacial score (nSPS) is 17.7. The molecule has 2 saturated heterocycles.